The van der Waals surface area contributed by atoms with Gasteiger partial charge in [0.05, 0.1) is 0 Å². The monoisotopic (exact) mass is 334 g/mol. The van der Waals surface area contributed by atoms with Gasteiger partial charge in [-0.25, -0.2) is 9.97 Å². The smallest absolute Gasteiger partial charge is 0.222 e. The number of aromatic nitrogens is 2. The minimum absolute atomic E-state index is 0.177. The van der Waals surface area contributed by atoms with Crippen molar-refractivity contribution < 1.29 is 0 Å². The predicted molar refractivity (Wildman–Crippen MR) is 86.5 cm³/mol. The van der Waals surface area contributed by atoms with E-state index in [1.807, 2.05) is 50.5 Å². The molecule has 0 bridgehead atoms. The Bertz CT molecular complexity index is 561. The normalized spacial score (nSPS) is 11.4. The minimum Gasteiger partial charge on any atom is -0.354 e. The third-order valence-corrected chi connectivity index (χ3v) is 3.36. The van der Waals surface area contributed by atoms with Crippen LogP contribution in [0.5, 0.6) is 0 Å². The van der Waals surface area contributed by atoms with Crippen LogP contribution in [0.25, 0.3) is 11.1 Å². The van der Waals surface area contributed by atoms with E-state index in [-0.39, 0.29) is 5.54 Å². The molecular weight excluding hydrogens is 316 g/mol. The van der Waals surface area contributed by atoms with Gasteiger partial charge < -0.3 is 11.1 Å². The zero-order chi connectivity index (χ0) is 14.6. The highest BCUT2D eigenvalue weighted by molar-refractivity contribution is 9.10. The van der Waals surface area contributed by atoms with Crippen LogP contribution in [0.15, 0.2) is 41.1 Å². The zero-order valence-electron chi connectivity index (χ0n) is 11.7. The summed E-state index contributed by atoms with van der Waals surface area (Å²) in [6.45, 7) is 4.78. The summed E-state index contributed by atoms with van der Waals surface area (Å²) in [5.41, 5.74) is 7.84. The van der Waals surface area contributed by atoms with Crippen LogP contribution in [-0.2, 0) is 0 Å². The van der Waals surface area contributed by atoms with Crippen molar-refractivity contribution in [1.29, 1.82) is 0 Å². The highest BCUT2D eigenvalue weighted by atomic mass is 79.9. The maximum atomic E-state index is 5.93. The molecule has 0 unspecified atom stereocenters. The van der Waals surface area contributed by atoms with E-state index in [1.54, 1.807) is 0 Å². The van der Waals surface area contributed by atoms with Crippen molar-refractivity contribution in [2.24, 2.45) is 5.73 Å². The molecular formula is C15H19BrN4. The van der Waals surface area contributed by atoms with Crippen molar-refractivity contribution in [3.05, 3.63) is 41.1 Å². The van der Waals surface area contributed by atoms with Crippen LogP contribution in [0.2, 0.25) is 0 Å². The molecule has 0 fully saturated rings. The Labute approximate surface area is 128 Å². The van der Waals surface area contributed by atoms with Gasteiger partial charge in [0, 0.05) is 34.5 Å². The summed E-state index contributed by atoms with van der Waals surface area (Å²) >= 11 is 3.46. The van der Waals surface area contributed by atoms with E-state index in [0.717, 1.165) is 28.6 Å². The molecule has 0 saturated heterocycles. The second-order valence-corrected chi connectivity index (χ2v) is 6.39. The highest BCUT2D eigenvalue weighted by Crippen LogP contribution is 2.22. The third kappa shape index (κ3) is 4.58. The Kier molecular flexibility index (Phi) is 4.73. The van der Waals surface area contributed by atoms with Crippen LogP contribution < -0.4 is 11.1 Å². The van der Waals surface area contributed by atoms with Gasteiger partial charge in [-0.15, -0.1) is 0 Å². The molecule has 0 aliphatic rings. The van der Waals surface area contributed by atoms with E-state index >= 15 is 0 Å². The number of nitrogens with zero attached hydrogens (tertiary/aromatic N) is 2. The standard InChI is InChI=1S/C15H19BrN4/c1-15(2,17)6-7-18-14-19-9-12(10-20-14)11-4-3-5-13(16)8-11/h3-5,8-10H,6-7,17H2,1-2H3,(H,18,19,20). The quantitative estimate of drug-likeness (QED) is 0.878. The van der Waals surface area contributed by atoms with Gasteiger partial charge in [0.15, 0.2) is 0 Å². The molecule has 0 spiro atoms. The molecule has 0 amide bonds. The summed E-state index contributed by atoms with van der Waals surface area (Å²) in [5.74, 6) is 0.632. The summed E-state index contributed by atoms with van der Waals surface area (Å²) in [6, 6.07) is 8.07. The van der Waals surface area contributed by atoms with Gasteiger partial charge in [-0.1, -0.05) is 28.1 Å². The van der Waals surface area contributed by atoms with Crippen LogP contribution in [-0.4, -0.2) is 22.1 Å². The van der Waals surface area contributed by atoms with Crippen molar-refractivity contribution in [3.8, 4) is 11.1 Å². The van der Waals surface area contributed by atoms with Crippen LogP contribution in [0.4, 0.5) is 5.95 Å². The van der Waals surface area contributed by atoms with E-state index in [2.05, 4.69) is 31.2 Å². The first-order chi connectivity index (χ1) is 9.44. The molecule has 5 heteroatoms. The third-order valence-electron chi connectivity index (χ3n) is 2.86. The molecule has 1 aromatic carbocycles. The largest absolute Gasteiger partial charge is 0.354 e. The Morgan fingerprint density at radius 1 is 1.20 bits per heavy atom. The summed E-state index contributed by atoms with van der Waals surface area (Å²) < 4.78 is 1.04. The van der Waals surface area contributed by atoms with Crippen molar-refractivity contribution in [1.82, 2.24) is 9.97 Å². The Hall–Kier alpha value is -1.46. The van der Waals surface area contributed by atoms with Gasteiger partial charge in [0.1, 0.15) is 0 Å². The highest BCUT2D eigenvalue weighted by Gasteiger charge is 2.09. The molecule has 2 aromatic rings. The molecule has 0 aliphatic carbocycles. The van der Waals surface area contributed by atoms with E-state index in [0.29, 0.717) is 5.95 Å². The molecule has 0 radical (unpaired) electrons. The number of benzene rings is 1. The maximum Gasteiger partial charge on any atom is 0.222 e. The summed E-state index contributed by atoms with van der Waals surface area (Å²) in [6.07, 6.45) is 4.51. The number of anilines is 1. The first-order valence-corrected chi connectivity index (χ1v) is 7.34. The number of halogens is 1. The Morgan fingerprint density at radius 3 is 2.50 bits per heavy atom. The van der Waals surface area contributed by atoms with E-state index < -0.39 is 0 Å². The average Bonchev–Trinajstić information content (AvgIpc) is 2.38. The topological polar surface area (TPSA) is 63.8 Å². The van der Waals surface area contributed by atoms with E-state index in [4.69, 9.17) is 5.73 Å². The fourth-order valence-corrected chi connectivity index (χ4v) is 2.13. The number of hydrogen-bond donors (Lipinski definition) is 2. The second-order valence-electron chi connectivity index (χ2n) is 5.47. The van der Waals surface area contributed by atoms with Gasteiger partial charge in [-0.05, 0) is 38.0 Å². The molecule has 0 aliphatic heterocycles. The number of hydrogen-bond acceptors (Lipinski definition) is 4. The summed E-state index contributed by atoms with van der Waals surface area (Å²) in [4.78, 5) is 8.65. The van der Waals surface area contributed by atoms with Crippen molar-refractivity contribution in [2.45, 2.75) is 25.8 Å². The molecule has 0 saturated carbocycles. The zero-order valence-corrected chi connectivity index (χ0v) is 13.3. The number of nitrogens with one attached hydrogen (secondary N) is 1. The number of rotatable bonds is 5. The van der Waals surface area contributed by atoms with Crippen LogP contribution >= 0.6 is 15.9 Å². The van der Waals surface area contributed by atoms with Crippen molar-refractivity contribution >= 4 is 21.9 Å². The summed E-state index contributed by atoms with van der Waals surface area (Å²) in [5, 5.41) is 3.18. The predicted octanol–water partition coefficient (Wildman–Crippen LogP) is 3.45. The van der Waals surface area contributed by atoms with Gasteiger partial charge in [-0.2, -0.15) is 0 Å². The molecule has 1 aromatic heterocycles. The SMILES string of the molecule is CC(C)(N)CCNc1ncc(-c2cccc(Br)c2)cn1. The molecule has 3 N–H and O–H groups in total. The molecule has 4 nitrogen and oxygen atoms in total. The minimum atomic E-state index is -0.177. The molecule has 106 valence electrons. The van der Waals surface area contributed by atoms with Gasteiger partial charge in [-0.3, -0.25) is 0 Å². The Morgan fingerprint density at radius 2 is 1.90 bits per heavy atom. The van der Waals surface area contributed by atoms with E-state index in [1.165, 1.54) is 0 Å². The van der Waals surface area contributed by atoms with Gasteiger partial charge >= 0.3 is 0 Å². The molecule has 1 heterocycles. The first-order valence-electron chi connectivity index (χ1n) is 6.55. The molecule has 0 atom stereocenters. The lowest BCUT2D eigenvalue weighted by Crippen LogP contribution is -2.34. The van der Waals surface area contributed by atoms with Crippen LogP contribution in [0, 0.1) is 0 Å². The van der Waals surface area contributed by atoms with Crippen LogP contribution in [0.3, 0.4) is 0 Å². The number of nitrogens with two attached hydrogens (primary N) is 1. The average molecular weight is 335 g/mol. The molecule has 2 rings (SSSR count). The van der Waals surface area contributed by atoms with Gasteiger partial charge in [0.25, 0.3) is 0 Å². The fourth-order valence-electron chi connectivity index (χ4n) is 1.73. The first kappa shape index (κ1) is 14.9. The van der Waals surface area contributed by atoms with E-state index in [9.17, 15) is 0 Å². The van der Waals surface area contributed by atoms with Crippen molar-refractivity contribution in [3.63, 3.8) is 0 Å². The van der Waals surface area contributed by atoms with Crippen molar-refractivity contribution in [2.75, 3.05) is 11.9 Å². The summed E-state index contributed by atoms with van der Waals surface area (Å²) in [7, 11) is 0. The maximum absolute atomic E-state index is 5.93. The lowest BCUT2D eigenvalue weighted by molar-refractivity contribution is 0.490. The second kappa shape index (κ2) is 6.33. The lowest BCUT2D eigenvalue weighted by atomic mass is 10.0. The Balaban J connectivity index is 2.00. The fraction of sp³-hybridized carbons (Fsp3) is 0.333. The lowest BCUT2D eigenvalue weighted by Gasteiger charge is -2.18. The van der Waals surface area contributed by atoms with Gasteiger partial charge in [0.2, 0.25) is 5.95 Å². The molecule has 20 heavy (non-hydrogen) atoms. The van der Waals surface area contributed by atoms with Crippen LogP contribution in [0.1, 0.15) is 20.3 Å².